The minimum atomic E-state index is -1.000. The molecule has 0 N–H and O–H groups in total. The standard InChI is InChI=1S/C10H15O4.Y/c1-7(8(11)13-4)6-10(2,3)9(12)14-5;/h1-2,6H2,3-5H3;/q-1;. The van der Waals surface area contributed by atoms with Crippen LogP contribution in [0.15, 0.2) is 12.2 Å². The van der Waals surface area contributed by atoms with E-state index in [0.29, 0.717) is 0 Å². The number of hydrogen-bond acceptors (Lipinski definition) is 4. The molecular weight excluding hydrogens is 273 g/mol. The fourth-order valence-corrected chi connectivity index (χ4v) is 1.01. The summed E-state index contributed by atoms with van der Waals surface area (Å²) < 4.78 is 8.99. The molecule has 0 heterocycles. The van der Waals surface area contributed by atoms with Gasteiger partial charge in [0, 0.05) is 38.3 Å². The van der Waals surface area contributed by atoms with E-state index in [1.807, 2.05) is 0 Å². The van der Waals surface area contributed by atoms with Crippen molar-refractivity contribution in [2.45, 2.75) is 13.3 Å². The van der Waals surface area contributed by atoms with Crippen molar-refractivity contribution in [2.75, 3.05) is 14.2 Å². The topological polar surface area (TPSA) is 52.6 Å². The Kier molecular flexibility index (Phi) is 8.16. The minimum absolute atomic E-state index is 0. The molecule has 83 valence electrons. The van der Waals surface area contributed by atoms with Crippen LogP contribution in [0, 0.1) is 12.3 Å². The summed E-state index contributed by atoms with van der Waals surface area (Å²) in [5.74, 6) is -1.02. The third-order valence-corrected chi connectivity index (χ3v) is 1.76. The molecule has 0 aromatic carbocycles. The Morgan fingerprint density at radius 1 is 1.33 bits per heavy atom. The zero-order chi connectivity index (χ0) is 11.4. The van der Waals surface area contributed by atoms with Gasteiger partial charge >= 0.3 is 5.97 Å². The first kappa shape index (κ1) is 17.2. The van der Waals surface area contributed by atoms with E-state index in [2.05, 4.69) is 23.0 Å². The van der Waals surface area contributed by atoms with Gasteiger partial charge in [-0.3, -0.25) is 4.79 Å². The maximum Gasteiger partial charge on any atom is 0.333 e. The van der Waals surface area contributed by atoms with Crippen molar-refractivity contribution in [1.29, 1.82) is 0 Å². The number of hydrogen-bond donors (Lipinski definition) is 0. The molecule has 0 bridgehead atoms. The van der Waals surface area contributed by atoms with Gasteiger partial charge in [-0.1, -0.05) is 18.9 Å². The molecule has 0 aliphatic carbocycles. The van der Waals surface area contributed by atoms with Crippen LogP contribution in [0.5, 0.6) is 0 Å². The van der Waals surface area contributed by atoms with Crippen molar-refractivity contribution in [1.82, 2.24) is 0 Å². The molecule has 0 fully saturated rings. The van der Waals surface area contributed by atoms with E-state index in [4.69, 9.17) is 0 Å². The number of ether oxygens (including phenoxy) is 2. The average molecular weight is 288 g/mol. The largest absolute Gasteiger partial charge is 0.470 e. The third kappa shape index (κ3) is 5.42. The van der Waals surface area contributed by atoms with Gasteiger partial charge in [0.05, 0.1) is 14.2 Å². The van der Waals surface area contributed by atoms with Crippen molar-refractivity contribution >= 4 is 11.9 Å². The molecule has 0 aromatic rings. The molecule has 1 unspecified atom stereocenters. The summed E-state index contributed by atoms with van der Waals surface area (Å²) in [7, 11) is 2.53. The van der Waals surface area contributed by atoms with E-state index < -0.39 is 17.4 Å². The molecule has 5 heteroatoms. The Balaban J connectivity index is 0. The monoisotopic (exact) mass is 288 g/mol. The molecule has 15 heavy (non-hydrogen) atoms. The van der Waals surface area contributed by atoms with E-state index in [9.17, 15) is 9.59 Å². The van der Waals surface area contributed by atoms with Crippen LogP contribution in [-0.4, -0.2) is 26.2 Å². The Morgan fingerprint density at radius 3 is 2.13 bits per heavy atom. The molecule has 0 amide bonds. The number of carbonyl (C=O) groups is 2. The van der Waals surface area contributed by atoms with Gasteiger partial charge in [-0.2, -0.15) is 0 Å². The number of esters is 2. The maximum atomic E-state index is 11.2. The van der Waals surface area contributed by atoms with Gasteiger partial charge in [0.25, 0.3) is 5.97 Å². The zero-order valence-corrected chi connectivity index (χ0v) is 12.2. The summed E-state index contributed by atoms with van der Waals surface area (Å²) >= 11 is 0. The predicted octanol–water partition coefficient (Wildman–Crippen LogP) is 1.12. The van der Waals surface area contributed by atoms with E-state index >= 15 is 0 Å². The maximum absolute atomic E-state index is 11.2. The summed E-state index contributed by atoms with van der Waals surface area (Å²) in [4.78, 5) is 22.2. The molecule has 4 nitrogen and oxygen atoms in total. The quantitative estimate of drug-likeness (QED) is 0.442. The van der Waals surface area contributed by atoms with Crippen molar-refractivity contribution < 1.29 is 51.8 Å². The van der Waals surface area contributed by atoms with E-state index in [1.165, 1.54) is 14.2 Å². The van der Waals surface area contributed by atoms with Crippen LogP contribution in [0.2, 0.25) is 0 Å². The van der Waals surface area contributed by atoms with Crippen LogP contribution < -0.4 is 0 Å². The fraction of sp³-hybridized carbons (Fsp3) is 0.500. The Morgan fingerprint density at radius 2 is 1.80 bits per heavy atom. The van der Waals surface area contributed by atoms with Gasteiger partial charge in [-0.15, -0.1) is 0 Å². The molecule has 0 saturated carbocycles. The molecule has 1 atom stereocenters. The van der Waals surface area contributed by atoms with Crippen molar-refractivity contribution in [3.63, 3.8) is 0 Å². The SMILES string of the molecule is C=C(CC([CH2-])(C)C(=O)OC)C(=O)OC.[Y]. The molecule has 0 rings (SSSR count). The summed E-state index contributed by atoms with van der Waals surface area (Å²) in [6, 6.07) is 0. The number of rotatable bonds is 4. The van der Waals surface area contributed by atoms with Crippen LogP contribution in [0.1, 0.15) is 13.3 Å². The van der Waals surface area contributed by atoms with Gasteiger partial charge in [0.2, 0.25) is 0 Å². The fourth-order valence-electron chi connectivity index (χ4n) is 1.01. The Hall–Kier alpha value is -0.216. The van der Waals surface area contributed by atoms with Crippen LogP contribution in [-0.2, 0) is 51.8 Å². The second-order valence-electron chi connectivity index (χ2n) is 3.32. The van der Waals surface area contributed by atoms with Gasteiger partial charge in [-0.05, 0) is 6.42 Å². The first-order valence-electron chi connectivity index (χ1n) is 4.05. The van der Waals surface area contributed by atoms with Gasteiger partial charge < -0.3 is 16.4 Å². The smallest absolute Gasteiger partial charge is 0.333 e. The molecule has 0 saturated heterocycles. The van der Waals surface area contributed by atoms with E-state index in [0.717, 1.165) is 0 Å². The second-order valence-corrected chi connectivity index (χ2v) is 3.32. The van der Waals surface area contributed by atoms with Gasteiger partial charge in [0.15, 0.2) is 0 Å². The minimum Gasteiger partial charge on any atom is -0.470 e. The Labute approximate surface area is 115 Å². The van der Waals surface area contributed by atoms with Gasteiger partial charge in [0.1, 0.15) is 0 Å². The molecular formula is C10H15O4Y-. The third-order valence-electron chi connectivity index (χ3n) is 1.76. The van der Waals surface area contributed by atoms with Crippen LogP contribution in [0.4, 0.5) is 0 Å². The molecule has 1 radical (unpaired) electrons. The molecule has 0 aliphatic rings. The van der Waals surface area contributed by atoms with E-state index in [-0.39, 0.29) is 44.7 Å². The van der Waals surface area contributed by atoms with Crippen LogP contribution in [0.25, 0.3) is 0 Å². The number of methoxy groups -OCH3 is 2. The summed E-state index contributed by atoms with van der Waals surface area (Å²) in [5.41, 5.74) is -0.796. The summed E-state index contributed by atoms with van der Waals surface area (Å²) in [6.45, 7) is 8.74. The van der Waals surface area contributed by atoms with Gasteiger partial charge in [-0.25, -0.2) is 4.79 Å². The molecule has 0 aliphatic heterocycles. The van der Waals surface area contributed by atoms with E-state index in [1.54, 1.807) is 6.92 Å². The van der Waals surface area contributed by atoms with Crippen molar-refractivity contribution in [2.24, 2.45) is 5.41 Å². The molecule has 0 spiro atoms. The Bertz CT molecular complexity index is 258. The van der Waals surface area contributed by atoms with Crippen LogP contribution in [0.3, 0.4) is 0 Å². The van der Waals surface area contributed by atoms with Crippen molar-refractivity contribution in [3.8, 4) is 0 Å². The normalized spacial score (nSPS) is 13.1. The molecule has 0 aromatic heterocycles. The first-order chi connectivity index (χ1) is 6.35. The summed E-state index contributed by atoms with van der Waals surface area (Å²) in [5, 5.41) is 0. The summed E-state index contributed by atoms with van der Waals surface area (Å²) in [6.07, 6.45) is 0.117. The van der Waals surface area contributed by atoms with Crippen LogP contribution >= 0.6 is 0 Å². The zero-order valence-electron chi connectivity index (χ0n) is 9.33. The second kappa shape index (κ2) is 7.12. The predicted molar refractivity (Wildman–Crippen MR) is 51.3 cm³/mol. The first-order valence-corrected chi connectivity index (χ1v) is 4.05. The number of carbonyl (C=O) groups excluding carboxylic acids is 2. The average Bonchev–Trinajstić information content (AvgIpc) is 2.14. The van der Waals surface area contributed by atoms with Crippen molar-refractivity contribution in [3.05, 3.63) is 19.1 Å².